The van der Waals surface area contributed by atoms with Gasteiger partial charge >= 0.3 is 6.09 Å². The summed E-state index contributed by atoms with van der Waals surface area (Å²) in [5.41, 5.74) is 6.11. The molecule has 2 aliphatic heterocycles. The zero-order valence-electron chi connectivity index (χ0n) is 29.2. The summed E-state index contributed by atoms with van der Waals surface area (Å²) in [5.74, 6) is -3.92. The van der Waals surface area contributed by atoms with E-state index in [-0.39, 0.29) is 35.7 Å². The van der Waals surface area contributed by atoms with Crippen LogP contribution < -0.4 is 11.1 Å². The number of nitrogens with one attached hydrogen (secondary N) is 1. The number of benzene rings is 3. The summed E-state index contributed by atoms with van der Waals surface area (Å²) < 4.78 is 56.5. The number of morpholine rings is 1. The number of hydrogen-bond donors (Lipinski definition) is 2. The zero-order chi connectivity index (χ0) is 37.1. The minimum Gasteiger partial charge on any atom is -0.444 e. The first-order valence-electron chi connectivity index (χ1n) is 17.0. The molecule has 2 aliphatic rings. The average molecular weight is 729 g/mol. The second kappa shape index (κ2) is 15.6. The molecule has 274 valence electrons. The molecule has 0 aliphatic carbocycles. The first-order chi connectivity index (χ1) is 24.0. The van der Waals surface area contributed by atoms with Crippen LogP contribution in [0.4, 0.5) is 23.7 Å². The Morgan fingerprint density at radius 3 is 2.25 bits per heavy atom. The molecule has 2 fully saturated rings. The normalized spacial score (nSPS) is 18.6. The maximum atomic E-state index is 15.5. The molecule has 3 atom stereocenters. The van der Waals surface area contributed by atoms with Crippen molar-refractivity contribution in [2.75, 3.05) is 31.5 Å². The molecule has 3 amide bonds. The molecule has 1 spiro atoms. The van der Waals surface area contributed by atoms with Crippen LogP contribution in [-0.2, 0) is 25.5 Å². The lowest BCUT2D eigenvalue weighted by molar-refractivity contribution is -0.176. The summed E-state index contributed by atoms with van der Waals surface area (Å²) in [6.07, 6.45) is 0.485. The number of rotatable bonds is 8. The number of amides is 3. The molecular weight excluding hydrogens is 685 g/mol. The van der Waals surface area contributed by atoms with Crippen LogP contribution in [0.1, 0.15) is 69.6 Å². The summed E-state index contributed by atoms with van der Waals surface area (Å²) in [4.78, 5) is 42.4. The van der Waals surface area contributed by atoms with Gasteiger partial charge in [-0.3, -0.25) is 9.59 Å². The van der Waals surface area contributed by atoms with Crippen molar-refractivity contribution in [3.05, 3.63) is 99.8 Å². The third kappa shape index (κ3) is 9.61. The summed E-state index contributed by atoms with van der Waals surface area (Å²) in [7, 11) is 0. The van der Waals surface area contributed by atoms with E-state index in [1.807, 2.05) is 0 Å². The summed E-state index contributed by atoms with van der Waals surface area (Å²) in [6, 6.07) is 12.3. The number of piperidine rings is 1. The quantitative estimate of drug-likeness (QED) is 0.264. The van der Waals surface area contributed by atoms with Crippen molar-refractivity contribution >= 4 is 35.2 Å². The summed E-state index contributed by atoms with van der Waals surface area (Å²) in [5, 5.41) is 3.17. The molecule has 1 unspecified atom stereocenters. The van der Waals surface area contributed by atoms with Gasteiger partial charge in [-0.05, 0) is 94.0 Å². The van der Waals surface area contributed by atoms with Gasteiger partial charge in [0.25, 0.3) is 0 Å². The van der Waals surface area contributed by atoms with E-state index in [0.29, 0.717) is 49.5 Å². The largest absolute Gasteiger partial charge is 0.444 e. The second-order valence-electron chi connectivity index (χ2n) is 14.3. The van der Waals surface area contributed by atoms with Crippen molar-refractivity contribution < 1.29 is 37.0 Å². The number of nitrogens with zero attached hydrogens (tertiary/aromatic N) is 2. The van der Waals surface area contributed by atoms with Crippen molar-refractivity contribution in [3.63, 3.8) is 0 Å². The minimum atomic E-state index is -1.34. The van der Waals surface area contributed by atoms with Crippen LogP contribution in [0.5, 0.6) is 0 Å². The van der Waals surface area contributed by atoms with Gasteiger partial charge in [0.2, 0.25) is 11.8 Å². The number of anilines is 1. The summed E-state index contributed by atoms with van der Waals surface area (Å²) >= 11 is 6.07. The van der Waals surface area contributed by atoms with Gasteiger partial charge in [0, 0.05) is 48.3 Å². The molecule has 0 radical (unpaired) electrons. The SMILES string of the molecule is CC(=O)N1CCC2(CC1)CN(C(=O)OC(C)(C)C)CC(CCc1c(F)cccc1NC(=O)[C@@H](N)[C@@H](c1ccc(Cl)cc1)c1cc(F)cc(F)c1)O2. The second-order valence-corrected chi connectivity index (χ2v) is 14.8. The van der Waals surface area contributed by atoms with Crippen LogP contribution in [0.15, 0.2) is 60.7 Å². The van der Waals surface area contributed by atoms with E-state index in [0.717, 1.165) is 18.2 Å². The molecule has 3 aromatic rings. The molecule has 2 saturated heterocycles. The van der Waals surface area contributed by atoms with Crippen molar-refractivity contribution in [1.29, 1.82) is 0 Å². The summed E-state index contributed by atoms with van der Waals surface area (Å²) in [6.45, 7) is 8.36. The Bertz CT molecular complexity index is 1720. The van der Waals surface area contributed by atoms with E-state index in [1.165, 1.54) is 19.1 Å². The molecule has 3 aromatic carbocycles. The van der Waals surface area contributed by atoms with Gasteiger partial charge in [-0.25, -0.2) is 18.0 Å². The third-order valence-corrected chi connectivity index (χ3v) is 9.57. The van der Waals surface area contributed by atoms with E-state index < -0.39 is 58.7 Å². The topological polar surface area (TPSA) is 114 Å². The predicted octanol–water partition coefficient (Wildman–Crippen LogP) is 6.80. The van der Waals surface area contributed by atoms with Crippen LogP contribution in [0.25, 0.3) is 0 Å². The average Bonchev–Trinajstić information content (AvgIpc) is 3.04. The molecule has 9 nitrogen and oxygen atoms in total. The van der Waals surface area contributed by atoms with Crippen molar-refractivity contribution in [1.82, 2.24) is 9.80 Å². The van der Waals surface area contributed by atoms with Crippen LogP contribution in [-0.4, -0.2) is 77.2 Å². The number of ether oxygens (including phenoxy) is 2. The third-order valence-electron chi connectivity index (χ3n) is 9.32. The molecular formula is C38H44ClF3N4O5. The highest BCUT2D eigenvalue weighted by Crippen LogP contribution is 2.36. The molecule has 0 saturated carbocycles. The number of hydrogen-bond acceptors (Lipinski definition) is 6. The van der Waals surface area contributed by atoms with E-state index in [1.54, 1.807) is 60.9 Å². The molecule has 0 bridgehead atoms. The predicted molar refractivity (Wildman–Crippen MR) is 188 cm³/mol. The van der Waals surface area contributed by atoms with Gasteiger partial charge < -0.3 is 30.3 Å². The Balaban J connectivity index is 1.36. The van der Waals surface area contributed by atoms with Gasteiger partial charge in [-0.2, -0.15) is 0 Å². The molecule has 2 heterocycles. The number of carbonyl (C=O) groups is 3. The zero-order valence-corrected chi connectivity index (χ0v) is 29.9. The van der Waals surface area contributed by atoms with E-state index in [2.05, 4.69) is 5.32 Å². The van der Waals surface area contributed by atoms with E-state index in [9.17, 15) is 23.2 Å². The van der Waals surface area contributed by atoms with Crippen molar-refractivity contribution in [2.45, 2.75) is 82.6 Å². The Kier molecular flexibility index (Phi) is 11.7. The van der Waals surface area contributed by atoms with Gasteiger partial charge in [0.1, 0.15) is 23.1 Å². The number of likely N-dealkylation sites (tertiary alicyclic amines) is 1. The number of carbonyl (C=O) groups excluding carboxylic acids is 3. The van der Waals surface area contributed by atoms with E-state index >= 15 is 4.39 Å². The van der Waals surface area contributed by atoms with E-state index in [4.69, 9.17) is 26.8 Å². The fourth-order valence-corrected chi connectivity index (χ4v) is 6.97. The first kappa shape index (κ1) is 38.1. The lowest BCUT2D eigenvalue weighted by Gasteiger charge is -2.50. The maximum absolute atomic E-state index is 15.5. The fourth-order valence-electron chi connectivity index (χ4n) is 6.84. The molecule has 0 aromatic heterocycles. The fraction of sp³-hybridized carbons (Fsp3) is 0.447. The van der Waals surface area contributed by atoms with Gasteiger partial charge in [-0.15, -0.1) is 0 Å². The Morgan fingerprint density at radius 2 is 1.65 bits per heavy atom. The highest BCUT2D eigenvalue weighted by molar-refractivity contribution is 6.30. The van der Waals surface area contributed by atoms with Crippen LogP contribution in [0, 0.1) is 17.5 Å². The maximum Gasteiger partial charge on any atom is 0.410 e. The lowest BCUT2D eigenvalue weighted by Crippen LogP contribution is -2.61. The Morgan fingerprint density at radius 1 is 1.00 bits per heavy atom. The first-order valence-corrected chi connectivity index (χ1v) is 17.4. The Hall–Kier alpha value is -4.13. The van der Waals surface area contributed by atoms with Crippen LogP contribution in [0.3, 0.4) is 0 Å². The smallest absolute Gasteiger partial charge is 0.410 e. The van der Waals surface area contributed by atoms with Gasteiger partial charge in [-0.1, -0.05) is 29.8 Å². The van der Waals surface area contributed by atoms with Crippen LogP contribution >= 0.6 is 11.6 Å². The van der Waals surface area contributed by atoms with Crippen molar-refractivity contribution in [3.8, 4) is 0 Å². The number of halogens is 4. The molecule has 3 N–H and O–H groups in total. The van der Waals surface area contributed by atoms with Gasteiger partial charge in [0.05, 0.1) is 30.8 Å². The lowest BCUT2D eigenvalue weighted by atomic mass is 9.84. The van der Waals surface area contributed by atoms with Crippen LogP contribution in [0.2, 0.25) is 5.02 Å². The molecule has 51 heavy (non-hydrogen) atoms. The van der Waals surface area contributed by atoms with Crippen molar-refractivity contribution in [2.24, 2.45) is 5.73 Å². The highest BCUT2D eigenvalue weighted by atomic mass is 35.5. The van der Waals surface area contributed by atoms with Gasteiger partial charge in [0.15, 0.2) is 0 Å². The Labute approximate surface area is 301 Å². The standard InChI is InChI=1S/C38H44ClF3N4O5/c1-23(47)45-16-14-38(15-17-45)22-46(36(49)51-37(2,3)4)21-29(50-38)12-13-30-31(42)6-5-7-32(30)44-35(48)34(43)33(24-8-10-26(39)11-9-24)25-18-27(40)20-28(41)19-25/h5-11,18-20,29,33-34H,12-17,21-22,43H2,1-4H3,(H,44,48)/t29?,33-,34-/m0/s1. The highest BCUT2D eigenvalue weighted by Gasteiger charge is 2.45. The number of nitrogens with two attached hydrogens (primary N) is 1. The monoisotopic (exact) mass is 728 g/mol. The molecule has 5 rings (SSSR count). The molecule has 13 heteroatoms. The minimum absolute atomic E-state index is 0.0300.